The summed E-state index contributed by atoms with van der Waals surface area (Å²) < 4.78 is 5.96. The van der Waals surface area contributed by atoms with Crippen molar-refractivity contribution in [1.29, 1.82) is 0 Å². The Balaban J connectivity index is 2.00. The Morgan fingerprint density at radius 2 is 1.83 bits per heavy atom. The van der Waals surface area contributed by atoms with E-state index in [1.54, 1.807) is 0 Å². The van der Waals surface area contributed by atoms with Crippen molar-refractivity contribution in [3.63, 3.8) is 0 Å². The second-order valence-electron chi connectivity index (χ2n) is 8.08. The number of alkyl halides is 1. The van der Waals surface area contributed by atoms with Crippen molar-refractivity contribution in [3.05, 3.63) is 0 Å². The van der Waals surface area contributed by atoms with E-state index in [0.29, 0.717) is 22.3 Å². The van der Waals surface area contributed by atoms with Gasteiger partial charge in [0.15, 0.2) is 0 Å². The van der Waals surface area contributed by atoms with Crippen LogP contribution in [0, 0.1) is 22.2 Å². The van der Waals surface area contributed by atoms with Crippen molar-refractivity contribution in [1.82, 2.24) is 0 Å². The first-order valence-electron chi connectivity index (χ1n) is 7.51. The van der Waals surface area contributed by atoms with Crippen LogP contribution in [0.3, 0.4) is 0 Å². The van der Waals surface area contributed by atoms with Gasteiger partial charge in [-0.2, -0.15) is 0 Å². The highest BCUT2D eigenvalue weighted by Gasteiger charge is 2.64. The summed E-state index contributed by atoms with van der Waals surface area (Å²) in [6, 6.07) is 0. The highest BCUT2D eigenvalue weighted by molar-refractivity contribution is 9.09. The first-order chi connectivity index (χ1) is 8.34. The van der Waals surface area contributed by atoms with Gasteiger partial charge in [0.25, 0.3) is 0 Å². The number of hydrogen-bond acceptors (Lipinski definition) is 1. The highest BCUT2D eigenvalue weighted by Crippen LogP contribution is 2.69. The zero-order valence-corrected chi connectivity index (χ0v) is 13.8. The Morgan fingerprint density at radius 3 is 2.50 bits per heavy atom. The van der Waals surface area contributed by atoms with Gasteiger partial charge in [-0.05, 0) is 55.3 Å². The normalized spacial score (nSPS) is 54.2. The van der Waals surface area contributed by atoms with E-state index in [1.807, 2.05) is 7.11 Å². The van der Waals surface area contributed by atoms with Crippen molar-refractivity contribution >= 4 is 15.9 Å². The molecular weight excluding hydrogens is 288 g/mol. The molecule has 0 aromatic carbocycles. The first kappa shape index (κ1) is 13.4. The molecule has 0 aromatic heterocycles. The molecule has 0 aliphatic heterocycles. The van der Waals surface area contributed by atoms with Crippen molar-refractivity contribution in [2.45, 2.75) is 70.2 Å². The molecule has 3 aliphatic rings. The summed E-state index contributed by atoms with van der Waals surface area (Å²) in [5, 5.41) is 0. The molecule has 3 rings (SSSR count). The largest absolute Gasteiger partial charge is 0.381 e. The fourth-order valence-electron chi connectivity index (χ4n) is 5.81. The molecule has 0 heterocycles. The van der Waals surface area contributed by atoms with E-state index in [2.05, 4.69) is 36.7 Å². The Hall–Kier alpha value is 0.440. The number of rotatable bonds is 1. The molecule has 0 amide bonds. The van der Waals surface area contributed by atoms with Gasteiger partial charge in [-0.25, -0.2) is 0 Å². The minimum Gasteiger partial charge on any atom is -0.381 e. The Morgan fingerprint density at radius 1 is 1.11 bits per heavy atom. The molecule has 2 heteroatoms. The minimum atomic E-state index is 0.473. The highest BCUT2D eigenvalue weighted by atomic mass is 79.9. The monoisotopic (exact) mass is 314 g/mol. The van der Waals surface area contributed by atoms with Crippen molar-refractivity contribution in [2.24, 2.45) is 22.2 Å². The number of fused-ring (bicyclic) bond motifs is 1. The molecule has 1 spiro atoms. The van der Waals surface area contributed by atoms with Gasteiger partial charge in [0.2, 0.25) is 0 Å². The minimum absolute atomic E-state index is 0.473. The van der Waals surface area contributed by atoms with E-state index in [4.69, 9.17) is 4.74 Å². The van der Waals surface area contributed by atoms with Gasteiger partial charge < -0.3 is 4.74 Å². The molecule has 5 atom stereocenters. The maximum Gasteiger partial charge on any atom is 0.0635 e. The maximum absolute atomic E-state index is 5.96. The second kappa shape index (κ2) is 3.97. The third kappa shape index (κ3) is 1.60. The standard InChI is InChI=1S/C16H27BrO/c1-14(2)9-13(18-4)16-8-6-12(17)15(3,10-16)7-5-11(14)16/h11-13H,5-10H2,1-4H3/t11-,12+,13-,15+,16-/m0/s1. The molecule has 104 valence electrons. The summed E-state index contributed by atoms with van der Waals surface area (Å²) in [7, 11) is 1.93. The molecule has 0 aromatic rings. The Bertz CT molecular complexity index is 353. The van der Waals surface area contributed by atoms with Crippen LogP contribution in [0.25, 0.3) is 0 Å². The number of halogens is 1. The van der Waals surface area contributed by atoms with E-state index in [9.17, 15) is 0 Å². The molecule has 2 bridgehead atoms. The van der Waals surface area contributed by atoms with Gasteiger partial charge in [0.05, 0.1) is 6.10 Å². The first-order valence-corrected chi connectivity index (χ1v) is 8.43. The summed E-state index contributed by atoms with van der Waals surface area (Å²) in [6.45, 7) is 7.45. The fourth-order valence-corrected chi connectivity index (χ4v) is 6.43. The molecule has 0 N–H and O–H groups in total. The van der Waals surface area contributed by atoms with Crippen LogP contribution in [0.15, 0.2) is 0 Å². The zero-order chi connectivity index (χ0) is 13.2. The van der Waals surface area contributed by atoms with Crippen LogP contribution in [0.5, 0.6) is 0 Å². The fraction of sp³-hybridized carbons (Fsp3) is 1.00. The molecule has 0 unspecified atom stereocenters. The molecule has 0 saturated heterocycles. The molecular formula is C16H27BrO. The van der Waals surface area contributed by atoms with E-state index < -0.39 is 0 Å². The summed E-state index contributed by atoms with van der Waals surface area (Å²) >= 11 is 3.96. The van der Waals surface area contributed by atoms with Crippen molar-refractivity contribution < 1.29 is 4.74 Å². The molecule has 18 heavy (non-hydrogen) atoms. The van der Waals surface area contributed by atoms with Gasteiger partial charge in [0, 0.05) is 17.4 Å². The van der Waals surface area contributed by atoms with E-state index >= 15 is 0 Å². The lowest BCUT2D eigenvalue weighted by atomic mass is 9.50. The average molecular weight is 315 g/mol. The van der Waals surface area contributed by atoms with Crippen LogP contribution in [-0.2, 0) is 4.74 Å². The van der Waals surface area contributed by atoms with Gasteiger partial charge in [-0.3, -0.25) is 0 Å². The maximum atomic E-state index is 5.96. The smallest absolute Gasteiger partial charge is 0.0635 e. The number of ether oxygens (including phenoxy) is 1. The molecule has 3 saturated carbocycles. The van der Waals surface area contributed by atoms with Crippen LogP contribution < -0.4 is 0 Å². The summed E-state index contributed by atoms with van der Waals surface area (Å²) in [4.78, 5) is 0.720. The summed E-state index contributed by atoms with van der Waals surface area (Å²) in [5.74, 6) is 0.878. The van der Waals surface area contributed by atoms with Crippen LogP contribution >= 0.6 is 15.9 Å². The van der Waals surface area contributed by atoms with Gasteiger partial charge in [0.1, 0.15) is 0 Å². The zero-order valence-electron chi connectivity index (χ0n) is 12.3. The lowest BCUT2D eigenvalue weighted by Gasteiger charge is -2.58. The topological polar surface area (TPSA) is 9.23 Å². The van der Waals surface area contributed by atoms with Crippen LogP contribution in [0.4, 0.5) is 0 Å². The lowest BCUT2D eigenvalue weighted by molar-refractivity contribution is -0.0998. The van der Waals surface area contributed by atoms with Crippen LogP contribution in [-0.4, -0.2) is 18.0 Å². The van der Waals surface area contributed by atoms with Crippen molar-refractivity contribution in [3.8, 4) is 0 Å². The Kier molecular flexibility index (Phi) is 2.96. The van der Waals surface area contributed by atoms with Crippen LogP contribution in [0.1, 0.15) is 59.3 Å². The Labute approximate surface area is 120 Å². The summed E-state index contributed by atoms with van der Waals surface area (Å²) in [5.41, 5.74) is 1.46. The molecule has 1 nitrogen and oxygen atoms in total. The van der Waals surface area contributed by atoms with E-state index in [1.165, 1.54) is 38.5 Å². The predicted molar refractivity (Wildman–Crippen MR) is 79.0 cm³/mol. The SMILES string of the molecule is CO[C@H]1CC(C)(C)[C@@H]2CC[C@]3(C)C[C@]12CC[C@H]3Br. The molecule has 0 radical (unpaired) electrons. The summed E-state index contributed by atoms with van der Waals surface area (Å²) in [6.07, 6.45) is 8.64. The van der Waals surface area contributed by atoms with E-state index in [0.717, 1.165) is 10.7 Å². The predicted octanol–water partition coefficient (Wildman–Crippen LogP) is 4.78. The van der Waals surface area contributed by atoms with E-state index in [-0.39, 0.29) is 0 Å². The second-order valence-corrected chi connectivity index (χ2v) is 9.18. The van der Waals surface area contributed by atoms with Gasteiger partial charge in [-0.15, -0.1) is 0 Å². The third-order valence-corrected chi connectivity index (χ3v) is 8.19. The molecule has 3 aliphatic carbocycles. The lowest BCUT2D eigenvalue weighted by Crippen LogP contribution is -2.53. The van der Waals surface area contributed by atoms with Crippen LogP contribution in [0.2, 0.25) is 0 Å². The molecule has 3 fully saturated rings. The number of hydrogen-bond donors (Lipinski definition) is 0. The third-order valence-electron chi connectivity index (χ3n) is 6.63. The number of methoxy groups -OCH3 is 1. The van der Waals surface area contributed by atoms with Gasteiger partial charge in [-0.1, -0.05) is 36.7 Å². The average Bonchev–Trinajstić information content (AvgIpc) is 2.52. The van der Waals surface area contributed by atoms with Crippen molar-refractivity contribution in [2.75, 3.05) is 7.11 Å². The van der Waals surface area contributed by atoms with Gasteiger partial charge >= 0.3 is 0 Å². The quantitative estimate of drug-likeness (QED) is 0.633.